The van der Waals surface area contributed by atoms with Gasteiger partial charge in [-0.15, -0.1) is 5.10 Å². The van der Waals surface area contributed by atoms with Gasteiger partial charge in [-0.3, -0.25) is 0 Å². The lowest BCUT2D eigenvalue weighted by molar-refractivity contribution is -0.157. The number of aromatic nitrogens is 6. The number of rotatable bonds is 4. The van der Waals surface area contributed by atoms with Crippen LogP contribution in [-0.2, 0) is 12.6 Å². The summed E-state index contributed by atoms with van der Waals surface area (Å²) in [7, 11) is 0. The molecule has 1 aliphatic heterocycles. The Labute approximate surface area is 169 Å². The molecule has 9 nitrogen and oxygen atoms in total. The van der Waals surface area contributed by atoms with E-state index in [9.17, 15) is 22.0 Å². The molecule has 0 saturated carbocycles. The van der Waals surface area contributed by atoms with Gasteiger partial charge < -0.3 is 19.0 Å². The van der Waals surface area contributed by atoms with Gasteiger partial charge in [0.05, 0.1) is 17.7 Å². The lowest BCUT2D eigenvalue weighted by atomic mass is 10.0. The molecule has 0 fully saturated rings. The maximum absolute atomic E-state index is 12.9. The topological polar surface area (TPSA) is 97.4 Å². The zero-order valence-electron chi connectivity index (χ0n) is 15.3. The Morgan fingerprint density at radius 3 is 2.84 bits per heavy atom. The van der Waals surface area contributed by atoms with E-state index in [1.807, 2.05) is 0 Å². The standard InChI is InChI=1S/C17H12F5N7O2/c18-15(19)30-11-2-1-4-29-10(11)6-9(27-29)13-12-8(23-7-24-12)3-5-28(13)16-26-25-14(31-16)17(20,21)22/h1-2,4,6-7,13,15H,3,5H2,(H,23,24)/t13-/m0/s1. The van der Waals surface area contributed by atoms with Crippen LogP contribution >= 0.6 is 0 Å². The van der Waals surface area contributed by atoms with Crippen molar-refractivity contribution in [1.82, 2.24) is 29.8 Å². The average molecular weight is 441 g/mol. The van der Waals surface area contributed by atoms with E-state index in [0.717, 1.165) is 5.69 Å². The lowest BCUT2D eigenvalue weighted by Crippen LogP contribution is -2.37. The molecule has 162 valence electrons. The summed E-state index contributed by atoms with van der Waals surface area (Å²) in [5.41, 5.74) is 1.84. The Hall–Kier alpha value is -3.71. The summed E-state index contributed by atoms with van der Waals surface area (Å²) in [6.45, 7) is -2.80. The molecule has 4 aromatic rings. The van der Waals surface area contributed by atoms with Crippen molar-refractivity contribution in [2.75, 3.05) is 11.4 Å². The third-order valence-electron chi connectivity index (χ3n) is 4.81. The van der Waals surface area contributed by atoms with Crippen LogP contribution < -0.4 is 9.64 Å². The van der Waals surface area contributed by atoms with Gasteiger partial charge in [0.15, 0.2) is 5.75 Å². The Morgan fingerprint density at radius 2 is 2.10 bits per heavy atom. The van der Waals surface area contributed by atoms with E-state index in [2.05, 4.69) is 30.0 Å². The number of H-pyrrole nitrogens is 1. The number of imidazole rings is 1. The molecule has 31 heavy (non-hydrogen) atoms. The van der Waals surface area contributed by atoms with Crippen molar-refractivity contribution in [1.29, 1.82) is 0 Å². The van der Waals surface area contributed by atoms with Gasteiger partial charge in [0.1, 0.15) is 11.6 Å². The summed E-state index contributed by atoms with van der Waals surface area (Å²) in [4.78, 5) is 8.71. The first-order valence-corrected chi connectivity index (χ1v) is 8.94. The highest BCUT2D eigenvalue weighted by Gasteiger charge is 2.41. The molecule has 0 aromatic carbocycles. The van der Waals surface area contributed by atoms with Crippen molar-refractivity contribution in [2.45, 2.75) is 25.3 Å². The first kappa shape index (κ1) is 19.3. The molecule has 14 heteroatoms. The summed E-state index contributed by atoms with van der Waals surface area (Å²) >= 11 is 0. The van der Waals surface area contributed by atoms with Crippen molar-refractivity contribution in [3.05, 3.63) is 53.7 Å². The highest BCUT2D eigenvalue weighted by molar-refractivity contribution is 5.61. The van der Waals surface area contributed by atoms with Crippen LogP contribution in [0.5, 0.6) is 5.75 Å². The number of nitrogens with one attached hydrogen (secondary N) is 1. The van der Waals surface area contributed by atoms with Gasteiger partial charge in [0, 0.05) is 24.9 Å². The number of fused-ring (bicyclic) bond motifs is 2. The molecule has 5 heterocycles. The monoisotopic (exact) mass is 441 g/mol. The Morgan fingerprint density at radius 1 is 1.26 bits per heavy atom. The minimum atomic E-state index is -4.79. The zero-order valence-corrected chi connectivity index (χ0v) is 15.3. The first-order valence-electron chi connectivity index (χ1n) is 8.94. The molecule has 1 N–H and O–H groups in total. The highest BCUT2D eigenvalue weighted by Crippen LogP contribution is 2.38. The Kier molecular flexibility index (Phi) is 4.30. The third kappa shape index (κ3) is 3.33. The molecule has 5 rings (SSSR count). The minimum Gasteiger partial charge on any atom is -0.433 e. The second-order valence-electron chi connectivity index (χ2n) is 6.65. The second kappa shape index (κ2) is 6.92. The van der Waals surface area contributed by atoms with Crippen LogP contribution in [0, 0.1) is 0 Å². The van der Waals surface area contributed by atoms with E-state index in [4.69, 9.17) is 4.42 Å². The first-order chi connectivity index (χ1) is 14.8. The van der Waals surface area contributed by atoms with Gasteiger partial charge in [0.2, 0.25) is 0 Å². The van der Waals surface area contributed by atoms with Crippen molar-refractivity contribution in [2.24, 2.45) is 0 Å². The minimum absolute atomic E-state index is 0.0991. The number of nitrogens with zero attached hydrogens (tertiary/aromatic N) is 6. The number of hydrogen-bond donors (Lipinski definition) is 1. The second-order valence-corrected chi connectivity index (χ2v) is 6.65. The molecule has 0 unspecified atom stereocenters. The van der Waals surface area contributed by atoms with Crippen LogP contribution in [0.1, 0.15) is 29.0 Å². The van der Waals surface area contributed by atoms with Crippen molar-refractivity contribution in [3.63, 3.8) is 0 Å². The molecule has 0 spiro atoms. The quantitative estimate of drug-likeness (QED) is 0.486. The predicted molar refractivity (Wildman–Crippen MR) is 92.6 cm³/mol. The van der Waals surface area contributed by atoms with Gasteiger partial charge >= 0.3 is 24.7 Å². The molecule has 0 aliphatic carbocycles. The van der Waals surface area contributed by atoms with Crippen LogP contribution in [0.2, 0.25) is 0 Å². The predicted octanol–water partition coefficient (Wildman–Crippen LogP) is 3.21. The fourth-order valence-electron chi connectivity index (χ4n) is 3.57. The van der Waals surface area contributed by atoms with Crippen molar-refractivity contribution < 1.29 is 31.1 Å². The van der Waals surface area contributed by atoms with E-state index < -0.39 is 24.7 Å². The molecule has 1 atom stereocenters. The van der Waals surface area contributed by atoms with Crippen molar-refractivity contribution >= 4 is 11.5 Å². The Bertz CT molecular complexity index is 1230. The lowest BCUT2D eigenvalue weighted by Gasteiger charge is -2.32. The normalized spacial score (nSPS) is 16.8. The number of aromatic amines is 1. The molecule has 0 amide bonds. The van der Waals surface area contributed by atoms with E-state index >= 15 is 0 Å². The molecule has 4 aromatic heterocycles. The van der Waals surface area contributed by atoms with Gasteiger partial charge in [-0.05, 0) is 18.2 Å². The smallest absolute Gasteiger partial charge is 0.433 e. The summed E-state index contributed by atoms with van der Waals surface area (Å²) in [5, 5.41) is 11.0. The van der Waals surface area contributed by atoms with Gasteiger partial charge in [0.25, 0.3) is 0 Å². The van der Waals surface area contributed by atoms with Gasteiger partial charge in [-0.25, -0.2) is 9.50 Å². The van der Waals surface area contributed by atoms with Crippen LogP contribution in [0.25, 0.3) is 5.52 Å². The summed E-state index contributed by atoms with van der Waals surface area (Å²) in [6, 6.07) is 3.19. The highest BCUT2D eigenvalue weighted by atomic mass is 19.4. The summed E-state index contributed by atoms with van der Waals surface area (Å²) in [6.07, 6.45) is -1.37. The molecule has 0 radical (unpaired) electrons. The van der Waals surface area contributed by atoms with Crippen molar-refractivity contribution in [3.8, 4) is 5.75 Å². The van der Waals surface area contributed by atoms with E-state index in [1.54, 1.807) is 0 Å². The maximum atomic E-state index is 12.9. The van der Waals surface area contributed by atoms with Crippen LogP contribution in [-0.4, -0.2) is 42.9 Å². The molecular formula is C17H12F5N7O2. The molecular weight excluding hydrogens is 429 g/mol. The van der Waals surface area contributed by atoms with Crippen LogP contribution in [0.3, 0.4) is 0 Å². The van der Waals surface area contributed by atoms with Crippen LogP contribution in [0.4, 0.5) is 28.0 Å². The van der Waals surface area contributed by atoms with E-state index in [0.29, 0.717) is 17.8 Å². The largest absolute Gasteiger partial charge is 0.470 e. The van der Waals surface area contributed by atoms with Crippen LogP contribution in [0.15, 0.2) is 35.1 Å². The third-order valence-corrected chi connectivity index (χ3v) is 4.81. The molecule has 0 saturated heterocycles. The zero-order chi connectivity index (χ0) is 21.8. The molecule has 0 bridgehead atoms. The van der Waals surface area contributed by atoms with E-state index in [1.165, 1.54) is 40.1 Å². The number of ether oxygens (including phenoxy) is 1. The fraction of sp³-hybridized carbons (Fsp3) is 0.294. The number of anilines is 1. The maximum Gasteiger partial charge on any atom is 0.470 e. The number of alkyl halides is 5. The molecule has 1 aliphatic rings. The van der Waals surface area contributed by atoms with E-state index in [-0.39, 0.29) is 23.8 Å². The SMILES string of the molecule is FC(F)Oc1cccn2nc([C@H]3c4nc[nH]c4CCN3c3nnc(C(F)(F)F)o3)cc12. The summed E-state index contributed by atoms with van der Waals surface area (Å²) in [5.74, 6) is -1.57. The summed E-state index contributed by atoms with van der Waals surface area (Å²) < 4.78 is 75.1. The van der Waals surface area contributed by atoms with Gasteiger partial charge in [-0.2, -0.15) is 27.1 Å². The number of hydrogen-bond acceptors (Lipinski definition) is 7. The number of pyridine rings is 1. The number of halogens is 5. The average Bonchev–Trinajstić information content (AvgIpc) is 3.44. The fourth-order valence-corrected chi connectivity index (χ4v) is 3.57. The van der Waals surface area contributed by atoms with Gasteiger partial charge in [-0.1, -0.05) is 5.10 Å². The Balaban J connectivity index is 1.61.